The smallest absolute Gasteiger partial charge is 0.294 e. The van der Waals surface area contributed by atoms with Crippen LogP contribution in [-0.2, 0) is 0 Å². The molecule has 0 unspecified atom stereocenters. The number of benzene rings is 1. The van der Waals surface area contributed by atoms with Gasteiger partial charge in [-0.1, -0.05) is 0 Å². The number of furan rings is 1. The van der Waals surface area contributed by atoms with Gasteiger partial charge in [-0.3, -0.25) is 4.79 Å². The molecule has 1 heterocycles. The fraction of sp³-hybridized carbons (Fsp3) is 0.214. The molecule has 0 aliphatic rings. The molecule has 0 atom stereocenters. The average Bonchev–Trinajstić information content (AvgIpc) is 2.78. The first-order valence-electron chi connectivity index (χ1n) is 5.75. The Morgan fingerprint density at radius 1 is 1.28 bits per heavy atom. The van der Waals surface area contributed by atoms with E-state index in [2.05, 4.69) is 0 Å². The van der Waals surface area contributed by atoms with Crippen molar-refractivity contribution in [1.82, 2.24) is 0 Å². The first-order valence-corrected chi connectivity index (χ1v) is 5.75. The molecule has 0 saturated carbocycles. The number of halogens is 1. The van der Waals surface area contributed by atoms with Gasteiger partial charge in [-0.15, -0.1) is 0 Å². The highest BCUT2D eigenvalue weighted by Crippen LogP contribution is 2.19. The normalized spacial score (nSPS) is 10.4. The summed E-state index contributed by atoms with van der Waals surface area (Å²) in [4.78, 5) is 13.8. The second kappa shape index (κ2) is 5.04. The van der Waals surface area contributed by atoms with Crippen molar-refractivity contribution in [2.45, 2.75) is 13.8 Å². The minimum Gasteiger partial charge on any atom is -0.459 e. The second-order valence-electron chi connectivity index (χ2n) is 3.96. The number of amides is 1. The number of hydrogen-bond donors (Lipinski definition) is 0. The number of rotatable bonds is 3. The third-order valence-electron chi connectivity index (χ3n) is 2.76. The van der Waals surface area contributed by atoms with Crippen molar-refractivity contribution in [3.05, 3.63) is 53.7 Å². The third kappa shape index (κ3) is 2.27. The molecule has 2 aromatic rings. The maximum Gasteiger partial charge on any atom is 0.294 e. The Hall–Kier alpha value is -2.10. The summed E-state index contributed by atoms with van der Waals surface area (Å²) >= 11 is 0. The summed E-state index contributed by atoms with van der Waals surface area (Å²) in [5, 5.41) is 0. The highest BCUT2D eigenvalue weighted by molar-refractivity contribution is 6.05. The Balaban J connectivity index is 2.32. The Bertz CT molecular complexity index is 545. The van der Waals surface area contributed by atoms with E-state index in [1.807, 2.05) is 13.8 Å². The summed E-state index contributed by atoms with van der Waals surface area (Å²) in [5.74, 6) is -0.218. The van der Waals surface area contributed by atoms with E-state index in [4.69, 9.17) is 4.42 Å². The van der Waals surface area contributed by atoms with Gasteiger partial charge < -0.3 is 9.32 Å². The highest BCUT2D eigenvalue weighted by Gasteiger charge is 2.20. The van der Waals surface area contributed by atoms with Gasteiger partial charge in [-0.25, -0.2) is 4.39 Å². The zero-order valence-corrected chi connectivity index (χ0v) is 10.3. The molecule has 1 amide bonds. The molecule has 0 N–H and O–H groups in total. The van der Waals surface area contributed by atoms with Crippen molar-refractivity contribution < 1.29 is 13.6 Å². The Morgan fingerprint density at radius 3 is 2.44 bits per heavy atom. The van der Waals surface area contributed by atoms with Crippen molar-refractivity contribution >= 4 is 11.6 Å². The number of carbonyl (C=O) groups is 1. The number of carbonyl (C=O) groups excluding carboxylic acids is 1. The molecule has 0 fully saturated rings. The van der Waals surface area contributed by atoms with Gasteiger partial charge in [0.1, 0.15) is 5.82 Å². The molecule has 0 saturated heterocycles. The summed E-state index contributed by atoms with van der Waals surface area (Å²) in [5.41, 5.74) is 1.44. The van der Waals surface area contributed by atoms with Crippen LogP contribution >= 0.6 is 0 Å². The molecule has 4 heteroatoms. The van der Waals surface area contributed by atoms with Crippen molar-refractivity contribution in [3.8, 4) is 0 Å². The molecule has 94 valence electrons. The van der Waals surface area contributed by atoms with Gasteiger partial charge in [0, 0.05) is 17.8 Å². The van der Waals surface area contributed by atoms with Gasteiger partial charge in [-0.05, 0) is 44.2 Å². The minimum absolute atomic E-state index is 0.216. The van der Waals surface area contributed by atoms with E-state index >= 15 is 0 Å². The fourth-order valence-corrected chi connectivity index (χ4v) is 1.78. The van der Waals surface area contributed by atoms with Crippen LogP contribution in [0.1, 0.15) is 23.0 Å². The predicted molar refractivity (Wildman–Crippen MR) is 67.2 cm³/mol. The Kier molecular flexibility index (Phi) is 3.46. The molecule has 1 aromatic carbocycles. The molecule has 1 aromatic heterocycles. The molecule has 0 radical (unpaired) electrons. The summed E-state index contributed by atoms with van der Waals surface area (Å²) in [6.45, 7) is 4.17. The molecule has 0 aliphatic heterocycles. The molecule has 18 heavy (non-hydrogen) atoms. The Labute approximate surface area is 105 Å². The lowest BCUT2D eigenvalue weighted by molar-refractivity contribution is 0.0961. The molecular formula is C14H14FNO2. The van der Waals surface area contributed by atoms with Crippen LogP contribution < -0.4 is 4.90 Å². The Morgan fingerprint density at radius 2 is 1.94 bits per heavy atom. The monoisotopic (exact) mass is 247 g/mol. The summed E-state index contributed by atoms with van der Waals surface area (Å²) in [6.07, 6.45) is 1.49. The van der Waals surface area contributed by atoms with Gasteiger partial charge in [0.05, 0.1) is 6.26 Å². The largest absolute Gasteiger partial charge is 0.459 e. The van der Waals surface area contributed by atoms with Crippen LogP contribution in [0.3, 0.4) is 0 Å². The zero-order chi connectivity index (χ0) is 13.1. The van der Waals surface area contributed by atoms with Crippen molar-refractivity contribution in [2.75, 3.05) is 11.4 Å². The molecule has 3 nitrogen and oxygen atoms in total. The van der Waals surface area contributed by atoms with Gasteiger partial charge in [0.15, 0.2) is 5.76 Å². The van der Waals surface area contributed by atoms with Crippen LogP contribution in [0.25, 0.3) is 0 Å². The van der Waals surface area contributed by atoms with Crippen molar-refractivity contribution in [3.63, 3.8) is 0 Å². The molecule has 0 aliphatic carbocycles. The van der Waals surface area contributed by atoms with Crippen molar-refractivity contribution in [2.24, 2.45) is 0 Å². The lowest BCUT2D eigenvalue weighted by Gasteiger charge is -2.20. The highest BCUT2D eigenvalue weighted by atomic mass is 19.1. The molecular weight excluding hydrogens is 233 g/mol. The maximum atomic E-state index is 12.9. The fourth-order valence-electron chi connectivity index (χ4n) is 1.78. The predicted octanol–water partition coefficient (Wildman–Crippen LogP) is 3.39. The van der Waals surface area contributed by atoms with E-state index < -0.39 is 0 Å². The van der Waals surface area contributed by atoms with E-state index in [1.165, 1.54) is 18.4 Å². The number of nitrogens with zero attached hydrogens (tertiary/aromatic N) is 1. The van der Waals surface area contributed by atoms with Crippen LogP contribution in [0.4, 0.5) is 10.1 Å². The average molecular weight is 247 g/mol. The number of anilines is 1. The third-order valence-corrected chi connectivity index (χ3v) is 2.76. The van der Waals surface area contributed by atoms with Gasteiger partial charge in [-0.2, -0.15) is 0 Å². The van der Waals surface area contributed by atoms with E-state index in [9.17, 15) is 9.18 Å². The topological polar surface area (TPSA) is 33.5 Å². The van der Waals surface area contributed by atoms with Crippen LogP contribution in [0.5, 0.6) is 0 Å². The lowest BCUT2D eigenvalue weighted by atomic mass is 10.2. The first kappa shape index (κ1) is 12.4. The molecule has 2 rings (SSSR count). The van der Waals surface area contributed by atoms with Crippen LogP contribution in [0, 0.1) is 12.7 Å². The minimum atomic E-state index is -0.323. The lowest BCUT2D eigenvalue weighted by Crippen LogP contribution is -2.30. The van der Waals surface area contributed by atoms with Gasteiger partial charge in [0.25, 0.3) is 5.91 Å². The van der Waals surface area contributed by atoms with Gasteiger partial charge >= 0.3 is 0 Å². The van der Waals surface area contributed by atoms with Crippen LogP contribution in [-0.4, -0.2) is 12.5 Å². The van der Waals surface area contributed by atoms with E-state index in [0.29, 0.717) is 18.0 Å². The van der Waals surface area contributed by atoms with E-state index in [1.54, 1.807) is 23.1 Å². The SMILES string of the molecule is CCN(C(=O)c1occc1C)c1ccc(F)cc1. The van der Waals surface area contributed by atoms with E-state index in [0.717, 1.165) is 5.56 Å². The van der Waals surface area contributed by atoms with Crippen LogP contribution in [0.15, 0.2) is 41.0 Å². The standard InChI is InChI=1S/C14H14FNO2/c1-3-16(12-6-4-11(15)5-7-12)14(17)13-10(2)8-9-18-13/h4-9H,3H2,1-2H3. The number of hydrogen-bond acceptors (Lipinski definition) is 2. The summed E-state index contributed by atoms with van der Waals surface area (Å²) in [6, 6.07) is 7.57. The second-order valence-corrected chi connectivity index (χ2v) is 3.96. The maximum absolute atomic E-state index is 12.9. The van der Waals surface area contributed by atoms with Crippen LogP contribution in [0.2, 0.25) is 0 Å². The first-order chi connectivity index (χ1) is 8.63. The molecule has 0 bridgehead atoms. The molecule has 0 spiro atoms. The zero-order valence-electron chi connectivity index (χ0n) is 10.3. The van der Waals surface area contributed by atoms with Gasteiger partial charge in [0.2, 0.25) is 0 Å². The van der Waals surface area contributed by atoms with Crippen molar-refractivity contribution in [1.29, 1.82) is 0 Å². The number of aryl methyl sites for hydroxylation is 1. The summed E-state index contributed by atoms with van der Waals surface area (Å²) in [7, 11) is 0. The van der Waals surface area contributed by atoms with E-state index in [-0.39, 0.29) is 11.7 Å². The quantitative estimate of drug-likeness (QED) is 0.833. The summed E-state index contributed by atoms with van der Waals surface area (Å²) < 4.78 is 18.1.